The average Bonchev–Trinajstić information content (AvgIpc) is 2.68. The summed E-state index contributed by atoms with van der Waals surface area (Å²) >= 11 is 1.05. The van der Waals surface area contributed by atoms with Gasteiger partial charge in [-0.2, -0.15) is 0 Å². The maximum Gasteiger partial charge on any atom is 0.286 e. The van der Waals surface area contributed by atoms with E-state index in [9.17, 15) is 9.59 Å². The summed E-state index contributed by atoms with van der Waals surface area (Å²) in [4.78, 5) is 26.4. The highest BCUT2D eigenvalue weighted by molar-refractivity contribution is 8.13. The van der Waals surface area contributed by atoms with Crippen molar-refractivity contribution in [2.75, 3.05) is 33.1 Å². The standard InChI is InChI=1S/C21H24N2O4S/c1-5-8-15-11-12-17(18(13-15)26-4)27-14-20(24)22-16-9-6-7-10-19(16)28-21(25)23(2)3/h5-7,9-13H,1,8,14H2,2-4H3,(H,22,24). The smallest absolute Gasteiger partial charge is 0.286 e. The van der Waals surface area contributed by atoms with Gasteiger partial charge in [-0.15, -0.1) is 6.58 Å². The number of thioether (sulfide) groups is 1. The van der Waals surface area contributed by atoms with Crippen LogP contribution in [0, 0.1) is 0 Å². The van der Waals surface area contributed by atoms with Gasteiger partial charge in [-0.1, -0.05) is 24.3 Å². The van der Waals surface area contributed by atoms with Crippen molar-refractivity contribution in [2.45, 2.75) is 11.3 Å². The SMILES string of the molecule is C=CCc1ccc(OCC(=O)Nc2ccccc2SC(=O)N(C)C)c(OC)c1. The minimum absolute atomic E-state index is 0.123. The van der Waals surface area contributed by atoms with Crippen LogP contribution in [-0.4, -0.2) is 43.9 Å². The molecule has 148 valence electrons. The maximum atomic E-state index is 12.3. The van der Waals surface area contributed by atoms with Gasteiger partial charge in [0.05, 0.1) is 12.8 Å². The summed E-state index contributed by atoms with van der Waals surface area (Å²) in [5.41, 5.74) is 1.60. The molecule has 0 radical (unpaired) electrons. The minimum Gasteiger partial charge on any atom is -0.493 e. The van der Waals surface area contributed by atoms with Gasteiger partial charge in [0.15, 0.2) is 18.1 Å². The molecule has 1 N–H and O–H groups in total. The molecule has 0 aliphatic rings. The fourth-order valence-electron chi connectivity index (χ4n) is 2.30. The first-order valence-corrected chi connectivity index (χ1v) is 9.45. The lowest BCUT2D eigenvalue weighted by atomic mass is 10.1. The molecule has 2 amide bonds. The number of allylic oxidation sites excluding steroid dienone is 1. The summed E-state index contributed by atoms with van der Waals surface area (Å²) in [6.45, 7) is 3.53. The average molecular weight is 401 g/mol. The molecule has 0 spiro atoms. The van der Waals surface area contributed by atoms with Crippen LogP contribution in [-0.2, 0) is 11.2 Å². The Bertz CT molecular complexity index is 852. The van der Waals surface area contributed by atoms with E-state index in [-0.39, 0.29) is 17.8 Å². The van der Waals surface area contributed by atoms with E-state index in [1.807, 2.05) is 18.2 Å². The lowest BCUT2D eigenvalue weighted by molar-refractivity contribution is -0.118. The van der Waals surface area contributed by atoms with E-state index in [1.165, 1.54) is 4.90 Å². The van der Waals surface area contributed by atoms with Gasteiger partial charge in [0.25, 0.3) is 11.1 Å². The number of benzene rings is 2. The lowest BCUT2D eigenvalue weighted by Crippen LogP contribution is -2.21. The molecule has 0 saturated carbocycles. The number of methoxy groups -OCH3 is 1. The molecule has 0 aliphatic heterocycles. The van der Waals surface area contributed by atoms with Crippen molar-refractivity contribution in [1.29, 1.82) is 0 Å². The molecule has 0 unspecified atom stereocenters. The Morgan fingerprint density at radius 3 is 2.61 bits per heavy atom. The third-order valence-corrected chi connectivity index (χ3v) is 4.81. The van der Waals surface area contributed by atoms with E-state index >= 15 is 0 Å². The molecule has 7 heteroatoms. The Kier molecular flexibility index (Phi) is 7.95. The van der Waals surface area contributed by atoms with E-state index in [4.69, 9.17) is 9.47 Å². The first-order valence-electron chi connectivity index (χ1n) is 8.63. The van der Waals surface area contributed by atoms with E-state index in [2.05, 4.69) is 11.9 Å². The van der Waals surface area contributed by atoms with Gasteiger partial charge in [0.1, 0.15) is 0 Å². The summed E-state index contributed by atoms with van der Waals surface area (Å²) < 4.78 is 10.9. The molecule has 28 heavy (non-hydrogen) atoms. The van der Waals surface area contributed by atoms with Gasteiger partial charge in [0, 0.05) is 19.0 Å². The van der Waals surface area contributed by atoms with Gasteiger partial charge in [-0.25, -0.2) is 0 Å². The Hall–Kier alpha value is -2.93. The fraction of sp³-hybridized carbons (Fsp3) is 0.238. The predicted molar refractivity (Wildman–Crippen MR) is 112 cm³/mol. The van der Waals surface area contributed by atoms with Crippen LogP contribution >= 0.6 is 11.8 Å². The van der Waals surface area contributed by atoms with Gasteiger partial charge in [-0.3, -0.25) is 9.59 Å². The number of anilines is 1. The van der Waals surface area contributed by atoms with Gasteiger partial charge in [0.2, 0.25) is 0 Å². The highest BCUT2D eigenvalue weighted by Crippen LogP contribution is 2.30. The second kappa shape index (κ2) is 10.4. The molecule has 0 saturated heterocycles. The van der Waals surface area contributed by atoms with Crippen molar-refractivity contribution in [3.05, 3.63) is 60.7 Å². The molecular weight excluding hydrogens is 376 g/mol. The van der Waals surface area contributed by atoms with Crippen LogP contribution in [0.5, 0.6) is 11.5 Å². The van der Waals surface area contributed by atoms with Crippen molar-refractivity contribution < 1.29 is 19.1 Å². The first-order chi connectivity index (χ1) is 13.4. The molecule has 0 aromatic heterocycles. The summed E-state index contributed by atoms with van der Waals surface area (Å²) in [5, 5.41) is 2.66. The minimum atomic E-state index is -0.331. The van der Waals surface area contributed by atoms with Crippen molar-refractivity contribution in [2.24, 2.45) is 0 Å². The monoisotopic (exact) mass is 400 g/mol. The molecular formula is C21H24N2O4S. The van der Waals surface area contributed by atoms with Crippen LogP contribution in [0.4, 0.5) is 10.5 Å². The summed E-state index contributed by atoms with van der Waals surface area (Å²) in [7, 11) is 4.91. The van der Waals surface area contributed by atoms with Crippen LogP contribution in [0.2, 0.25) is 0 Å². The van der Waals surface area contributed by atoms with Crippen molar-refractivity contribution in [3.8, 4) is 11.5 Å². The molecule has 0 heterocycles. The van der Waals surface area contributed by atoms with Crippen LogP contribution < -0.4 is 14.8 Å². The van der Waals surface area contributed by atoms with E-state index < -0.39 is 0 Å². The maximum absolute atomic E-state index is 12.3. The highest BCUT2D eigenvalue weighted by atomic mass is 32.2. The molecule has 6 nitrogen and oxygen atoms in total. The quantitative estimate of drug-likeness (QED) is 0.531. The number of hydrogen-bond donors (Lipinski definition) is 1. The zero-order valence-corrected chi connectivity index (χ0v) is 17.0. The molecule has 2 aromatic carbocycles. The Balaban J connectivity index is 2.02. The number of amides is 2. The number of rotatable bonds is 8. The van der Waals surface area contributed by atoms with E-state index in [0.717, 1.165) is 23.7 Å². The number of ether oxygens (including phenoxy) is 2. The Labute approximate surface area is 169 Å². The Morgan fingerprint density at radius 2 is 1.93 bits per heavy atom. The first kappa shape index (κ1) is 21.4. The normalized spacial score (nSPS) is 10.1. The molecule has 2 aromatic rings. The molecule has 0 aliphatic carbocycles. The highest BCUT2D eigenvalue weighted by Gasteiger charge is 2.13. The van der Waals surface area contributed by atoms with Gasteiger partial charge >= 0.3 is 0 Å². The third-order valence-electron chi connectivity index (χ3n) is 3.69. The van der Waals surface area contributed by atoms with Crippen molar-refractivity contribution in [1.82, 2.24) is 4.90 Å². The molecule has 0 bridgehead atoms. The van der Waals surface area contributed by atoms with Crippen LogP contribution in [0.3, 0.4) is 0 Å². The number of carbonyl (C=O) groups excluding carboxylic acids is 2. The number of nitrogens with zero attached hydrogens (tertiary/aromatic N) is 1. The second-order valence-corrected chi connectivity index (χ2v) is 7.07. The number of hydrogen-bond acceptors (Lipinski definition) is 5. The second-order valence-electron chi connectivity index (χ2n) is 6.07. The van der Waals surface area contributed by atoms with Crippen molar-refractivity contribution >= 4 is 28.6 Å². The molecule has 2 rings (SSSR count). The van der Waals surface area contributed by atoms with E-state index in [0.29, 0.717) is 22.1 Å². The molecule has 0 fully saturated rings. The van der Waals surface area contributed by atoms with Gasteiger partial charge < -0.3 is 19.7 Å². The van der Waals surface area contributed by atoms with Crippen molar-refractivity contribution in [3.63, 3.8) is 0 Å². The largest absolute Gasteiger partial charge is 0.493 e. The number of carbonyl (C=O) groups is 2. The fourth-order valence-corrected chi connectivity index (χ4v) is 3.05. The third kappa shape index (κ3) is 6.06. The van der Waals surface area contributed by atoms with Crippen LogP contribution in [0.25, 0.3) is 0 Å². The zero-order valence-electron chi connectivity index (χ0n) is 16.2. The predicted octanol–water partition coefficient (Wildman–Crippen LogP) is 4.21. The van der Waals surface area contributed by atoms with Crippen LogP contribution in [0.1, 0.15) is 5.56 Å². The van der Waals surface area contributed by atoms with E-state index in [1.54, 1.807) is 51.5 Å². The molecule has 0 atom stereocenters. The zero-order chi connectivity index (χ0) is 20.5. The van der Waals surface area contributed by atoms with Crippen LogP contribution in [0.15, 0.2) is 60.0 Å². The summed E-state index contributed by atoms with van der Waals surface area (Å²) in [6.07, 6.45) is 2.52. The summed E-state index contributed by atoms with van der Waals surface area (Å²) in [5.74, 6) is 0.707. The Morgan fingerprint density at radius 1 is 1.18 bits per heavy atom. The number of nitrogens with one attached hydrogen (secondary N) is 1. The topological polar surface area (TPSA) is 67.9 Å². The van der Waals surface area contributed by atoms with Gasteiger partial charge in [-0.05, 0) is 48.0 Å². The number of para-hydroxylation sites is 1. The summed E-state index contributed by atoms with van der Waals surface area (Å²) in [6, 6.07) is 12.7. The lowest BCUT2D eigenvalue weighted by Gasteiger charge is -2.14.